The topological polar surface area (TPSA) is 3.24 Å². The second-order valence-electron chi connectivity index (χ2n) is 8.75. The molecular formula is C22H47N. The first-order valence-electron chi connectivity index (χ1n) is 10.6. The molecule has 0 aromatic heterocycles. The van der Waals surface area contributed by atoms with Gasteiger partial charge < -0.3 is 0 Å². The van der Waals surface area contributed by atoms with Crippen LogP contribution >= 0.6 is 0 Å². The van der Waals surface area contributed by atoms with E-state index in [0.717, 1.165) is 0 Å². The van der Waals surface area contributed by atoms with E-state index in [1.165, 1.54) is 83.6 Å². The van der Waals surface area contributed by atoms with Crippen LogP contribution < -0.4 is 0 Å². The predicted octanol–water partition coefficient (Wildman–Crippen LogP) is 7.59. The number of hydrogen-bond acceptors (Lipinski definition) is 1. The van der Waals surface area contributed by atoms with E-state index in [1.807, 2.05) is 0 Å². The zero-order chi connectivity index (χ0) is 17.8. The quantitative estimate of drug-likeness (QED) is 0.280. The molecule has 0 amide bonds. The molecular weight excluding hydrogens is 278 g/mol. The molecule has 0 saturated carbocycles. The van der Waals surface area contributed by atoms with Gasteiger partial charge in [-0.3, -0.25) is 4.90 Å². The minimum Gasteiger partial charge on any atom is -0.293 e. The van der Waals surface area contributed by atoms with Gasteiger partial charge in [0.25, 0.3) is 0 Å². The van der Waals surface area contributed by atoms with Gasteiger partial charge in [-0.1, -0.05) is 78.6 Å². The molecule has 1 heteroatoms. The molecule has 1 nitrogen and oxygen atoms in total. The zero-order valence-corrected chi connectivity index (χ0v) is 17.6. The Balaban J connectivity index is 4.66. The van der Waals surface area contributed by atoms with Crippen LogP contribution in [0.5, 0.6) is 0 Å². The third-order valence-electron chi connectivity index (χ3n) is 5.48. The summed E-state index contributed by atoms with van der Waals surface area (Å²) in [6, 6.07) is 0. The maximum Gasteiger partial charge on any atom is 0.0158 e. The van der Waals surface area contributed by atoms with E-state index in [4.69, 9.17) is 0 Å². The summed E-state index contributed by atoms with van der Waals surface area (Å²) in [5.74, 6) is 0. The Bertz CT molecular complexity index is 247. The van der Waals surface area contributed by atoms with Gasteiger partial charge in [0.1, 0.15) is 0 Å². The predicted molar refractivity (Wildman–Crippen MR) is 107 cm³/mol. The highest BCUT2D eigenvalue weighted by Gasteiger charge is 2.36. The largest absolute Gasteiger partial charge is 0.293 e. The highest BCUT2D eigenvalue weighted by Crippen LogP contribution is 2.33. The van der Waals surface area contributed by atoms with E-state index in [9.17, 15) is 0 Å². The highest BCUT2D eigenvalue weighted by molar-refractivity contribution is 4.92. The van der Waals surface area contributed by atoms with Gasteiger partial charge in [-0.2, -0.15) is 0 Å². The number of nitrogens with zero attached hydrogens (tertiary/aromatic N) is 1. The minimum absolute atomic E-state index is 0.330. The van der Waals surface area contributed by atoms with Gasteiger partial charge in [0.2, 0.25) is 0 Å². The summed E-state index contributed by atoms with van der Waals surface area (Å²) in [7, 11) is 0. The summed E-state index contributed by atoms with van der Waals surface area (Å²) in [5.41, 5.74) is 0.660. The van der Waals surface area contributed by atoms with Crippen LogP contribution in [-0.2, 0) is 0 Å². The Morgan fingerprint density at radius 1 is 0.522 bits per heavy atom. The maximum absolute atomic E-state index is 2.85. The second-order valence-corrected chi connectivity index (χ2v) is 8.75. The van der Waals surface area contributed by atoms with Crippen molar-refractivity contribution in [3.63, 3.8) is 0 Å². The third kappa shape index (κ3) is 9.75. The van der Waals surface area contributed by atoms with Crippen LogP contribution in [0, 0.1) is 0 Å². The maximum atomic E-state index is 2.85. The van der Waals surface area contributed by atoms with Gasteiger partial charge in [0, 0.05) is 11.1 Å². The van der Waals surface area contributed by atoms with Crippen LogP contribution in [0.15, 0.2) is 0 Å². The van der Waals surface area contributed by atoms with Gasteiger partial charge in [-0.25, -0.2) is 0 Å². The van der Waals surface area contributed by atoms with Gasteiger partial charge in [-0.05, 0) is 53.5 Å². The normalized spacial score (nSPS) is 13.0. The summed E-state index contributed by atoms with van der Waals surface area (Å²) in [4.78, 5) is 2.85. The molecule has 0 bridgehead atoms. The summed E-state index contributed by atoms with van der Waals surface area (Å²) >= 11 is 0. The SMILES string of the molecule is CCCCCCCCN(C(C)(C)CCCC)C(C)(C)CCCC. The van der Waals surface area contributed by atoms with Gasteiger partial charge in [-0.15, -0.1) is 0 Å². The average molecular weight is 326 g/mol. The molecule has 0 N–H and O–H groups in total. The van der Waals surface area contributed by atoms with Crippen LogP contribution in [0.3, 0.4) is 0 Å². The molecule has 0 aliphatic heterocycles. The fourth-order valence-electron chi connectivity index (χ4n) is 3.96. The second kappa shape index (κ2) is 12.3. The lowest BCUT2D eigenvalue weighted by molar-refractivity contribution is 0.00199. The summed E-state index contributed by atoms with van der Waals surface area (Å²) in [6.07, 6.45) is 16.4. The molecule has 0 rings (SSSR count). The molecule has 0 saturated heterocycles. The van der Waals surface area contributed by atoms with Crippen molar-refractivity contribution in [3.8, 4) is 0 Å². The van der Waals surface area contributed by atoms with Crippen molar-refractivity contribution in [3.05, 3.63) is 0 Å². The molecule has 0 radical (unpaired) electrons. The fraction of sp³-hybridized carbons (Fsp3) is 1.00. The van der Waals surface area contributed by atoms with Crippen LogP contribution in [0.25, 0.3) is 0 Å². The first-order valence-corrected chi connectivity index (χ1v) is 10.6. The lowest BCUT2D eigenvalue weighted by Gasteiger charge is -2.49. The molecule has 0 atom stereocenters. The lowest BCUT2D eigenvalue weighted by atomic mass is 9.85. The third-order valence-corrected chi connectivity index (χ3v) is 5.48. The molecule has 0 heterocycles. The summed E-state index contributed by atoms with van der Waals surface area (Å²) in [5, 5.41) is 0. The van der Waals surface area contributed by atoms with Crippen LogP contribution in [0.2, 0.25) is 0 Å². The van der Waals surface area contributed by atoms with Crippen molar-refractivity contribution < 1.29 is 0 Å². The first kappa shape index (κ1) is 23.0. The smallest absolute Gasteiger partial charge is 0.0158 e. The van der Waals surface area contributed by atoms with Crippen molar-refractivity contribution in [2.24, 2.45) is 0 Å². The highest BCUT2D eigenvalue weighted by atomic mass is 15.2. The molecule has 0 aromatic rings. The van der Waals surface area contributed by atoms with Crippen molar-refractivity contribution in [1.82, 2.24) is 4.90 Å². The molecule has 0 spiro atoms. The Morgan fingerprint density at radius 3 is 1.35 bits per heavy atom. The molecule has 140 valence electrons. The van der Waals surface area contributed by atoms with Crippen molar-refractivity contribution in [2.75, 3.05) is 6.54 Å². The summed E-state index contributed by atoms with van der Waals surface area (Å²) in [6.45, 7) is 18.1. The van der Waals surface area contributed by atoms with E-state index in [1.54, 1.807) is 0 Å². The van der Waals surface area contributed by atoms with Crippen LogP contribution in [0.1, 0.15) is 126 Å². The molecule has 0 aliphatic rings. The van der Waals surface area contributed by atoms with Crippen molar-refractivity contribution in [1.29, 1.82) is 0 Å². The van der Waals surface area contributed by atoms with E-state index in [-0.39, 0.29) is 0 Å². The molecule has 0 aliphatic carbocycles. The van der Waals surface area contributed by atoms with Crippen LogP contribution in [0.4, 0.5) is 0 Å². The van der Waals surface area contributed by atoms with Gasteiger partial charge >= 0.3 is 0 Å². The molecule has 0 unspecified atom stereocenters. The average Bonchev–Trinajstić information content (AvgIpc) is 2.49. The van der Waals surface area contributed by atoms with Crippen molar-refractivity contribution in [2.45, 2.75) is 137 Å². The van der Waals surface area contributed by atoms with E-state index in [2.05, 4.69) is 53.4 Å². The van der Waals surface area contributed by atoms with Gasteiger partial charge in [0.05, 0.1) is 0 Å². The Kier molecular flexibility index (Phi) is 12.3. The van der Waals surface area contributed by atoms with E-state index in [0.29, 0.717) is 11.1 Å². The zero-order valence-electron chi connectivity index (χ0n) is 17.6. The number of rotatable bonds is 15. The number of unbranched alkanes of at least 4 members (excludes halogenated alkanes) is 7. The molecule has 0 aromatic carbocycles. The van der Waals surface area contributed by atoms with Gasteiger partial charge in [0.15, 0.2) is 0 Å². The molecule has 0 fully saturated rings. The van der Waals surface area contributed by atoms with E-state index < -0.39 is 0 Å². The fourth-order valence-corrected chi connectivity index (χ4v) is 3.96. The van der Waals surface area contributed by atoms with E-state index >= 15 is 0 Å². The number of hydrogen-bond donors (Lipinski definition) is 0. The first-order chi connectivity index (χ1) is 10.8. The molecule has 23 heavy (non-hydrogen) atoms. The Hall–Kier alpha value is -0.0400. The minimum atomic E-state index is 0.330. The van der Waals surface area contributed by atoms with Crippen molar-refractivity contribution >= 4 is 0 Å². The summed E-state index contributed by atoms with van der Waals surface area (Å²) < 4.78 is 0. The van der Waals surface area contributed by atoms with Crippen LogP contribution in [-0.4, -0.2) is 22.5 Å². The Labute approximate surface area is 148 Å². The Morgan fingerprint density at radius 2 is 0.913 bits per heavy atom. The lowest BCUT2D eigenvalue weighted by Crippen LogP contribution is -2.55. The standard InChI is InChI=1S/C22H47N/c1-8-11-14-15-16-17-20-23(21(4,5)18-12-9-2)22(6,7)19-13-10-3/h8-20H2,1-7H3. The monoisotopic (exact) mass is 325 g/mol.